The summed E-state index contributed by atoms with van der Waals surface area (Å²) in [6.07, 6.45) is 2.58. The predicted octanol–water partition coefficient (Wildman–Crippen LogP) is 2.17. The molecule has 2 aliphatic rings. The first-order chi connectivity index (χ1) is 8.81. The van der Waals surface area contributed by atoms with Crippen molar-refractivity contribution in [2.75, 3.05) is 32.7 Å². The van der Waals surface area contributed by atoms with E-state index in [1.807, 2.05) is 0 Å². The lowest BCUT2D eigenvalue weighted by molar-refractivity contribution is 0.00521. The summed E-state index contributed by atoms with van der Waals surface area (Å²) in [6.45, 7) is 17.4. The lowest BCUT2D eigenvalue weighted by Gasteiger charge is -2.49. The first kappa shape index (κ1) is 15.3. The Hall–Kier alpha value is -0.120. The van der Waals surface area contributed by atoms with Crippen LogP contribution in [0.2, 0.25) is 0 Å². The molecule has 0 amide bonds. The minimum atomic E-state index is 0.257. The first-order valence-electron chi connectivity index (χ1n) is 8.00. The molecule has 0 radical (unpaired) electrons. The summed E-state index contributed by atoms with van der Waals surface area (Å²) in [7, 11) is 0. The maximum atomic E-state index is 6.25. The van der Waals surface area contributed by atoms with E-state index in [1.165, 1.54) is 39.0 Å². The zero-order valence-electron chi connectivity index (χ0n) is 13.6. The number of nitrogens with two attached hydrogens (primary N) is 1. The van der Waals surface area contributed by atoms with E-state index < -0.39 is 0 Å². The van der Waals surface area contributed by atoms with Gasteiger partial charge < -0.3 is 5.73 Å². The van der Waals surface area contributed by atoms with Crippen LogP contribution >= 0.6 is 0 Å². The van der Waals surface area contributed by atoms with Gasteiger partial charge in [0.25, 0.3) is 0 Å². The molecule has 2 N–H and O–H groups in total. The van der Waals surface area contributed by atoms with E-state index in [0.717, 1.165) is 12.5 Å². The minimum Gasteiger partial charge on any atom is -0.329 e. The van der Waals surface area contributed by atoms with Gasteiger partial charge in [0.15, 0.2) is 0 Å². The molecule has 1 saturated heterocycles. The second-order valence-corrected chi connectivity index (χ2v) is 7.87. The van der Waals surface area contributed by atoms with E-state index in [2.05, 4.69) is 44.4 Å². The van der Waals surface area contributed by atoms with Gasteiger partial charge in [-0.15, -0.1) is 0 Å². The molecule has 3 heteroatoms. The molecule has 2 fully saturated rings. The summed E-state index contributed by atoms with van der Waals surface area (Å²) in [6, 6.07) is 0.674. The molecule has 1 saturated carbocycles. The second-order valence-electron chi connectivity index (χ2n) is 7.87. The van der Waals surface area contributed by atoms with Gasteiger partial charge in [-0.25, -0.2) is 0 Å². The van der Waals surface area contributed by atoms with Gasteiger partial charge in [-0.3, -0.25) is 9.80 Å². The van der Waals surface area contributed by atoms with Crippen molar-refractivity contribution in [2.45, 2.75) is 59.0 Å². The molecule has 2 rings (SSSR count). The molecular formula is C16H33N3. The van der Waals surface area contributed by atoms with Crippen LogP contribution in [0.25, 0.3) is 0 Å². The highest BCUT2D eigenvalue weighted by atomic mass is 15.3. The summed E-state index contributed by atoms with van der Waals surface area (Å²) in [5.41, 5.74) is 6.96. The summed E-state index contributed by atoms with van der Waals surface area (Å²) in [4.78, 5) is 5.30. The molecule has 1 heterocycles. The fourth-order valence-electron chi connectivity index (χ4n) is 4.60. The first-order valence-corrected chi connectivity index (χ1v) is 8.00. The van der Waals surface area contributed by atoms with Crippen LogP contribution in [-0.2, 0) is 0 Å². The average Bonchev–Trinajstić information content (AvgIpc) is 2.59. The maximum Gasteiger partial charge on any atom is 0.0363 e. The average molecular weight is 267 g/mol. The Kier molecular flexibility index (Phi) is 4.29. The smallest absolute Gasteiger partial charge is 0.0363 e. The van der Waals surface area contributed by atoms with Gasteiger partial charge >= 0.3 is 0 Å². The van der Waals surface area contributed by atoms with Crippen LogP contribution in [0.4, 0.5) is 0 Å². The van der Waals surface area contributed by atoms with E-state index in [4.69, 9.17) is 5.73 Å². The van der Waals surface area contributed by atoms with Gasteiger partial charge in [0.05, 0.1) is 0 Å². The van der Waals surface area contributed by atoms with Crippen molar-refractivity contribution >= 4 is 0 Å². The van der Waals surface area contributed by atoms with Crippen LogP contribution in [0.3, 0.4) is 0 Å². The molecule has 1 aliphatic heterocycles. The van der Waals surface area contributed by atoms with Crippen LogP contribution in [-0.4, -0.2) is 54.1 Å². The van der Waals surface area contributed by atoms with Crippen LogP contribution < -0.4 is 5.73 Å². The zero-order chi connectivity index (χ0) is 14.3. The Morgan fingerprint density at radius 3 is 2.11 bits per heavy atom. The third-order valence-corrected chi connectivity index (χ3v) is 5.59. The van der Waals surface area contributed by atoms with E-state index in [0.29, 0.717) is 11.5 Å². The molecule has 0 aromatic rings. The minimum absolute atomic E-state index is 0.257. The van der Waals surface area contributed by atoms with Crippen LogP contribution in [0, 0.1) is 11.3 Å². The van der Waals surface area contributed by atoms with Gasteiger partial charge in [-0.2, -0.15) is 0 Å². The van der Waals surface area contributed by atoms with Gasteiger partial charge in [-0.05, 0) is 38.0 Å². The van der Waals surface area contributed by atoms with Crippen molar-refractivity contribution in [3.05, 3.63) is 0 Å². The highest BCUT2D eigenvalue weighted by Crippen LogP contribution is 2.50. The summed E-state index contributed by atoms with van der Waals surface area (Å²) in [5, 5.41) is 0. The molecule has 2 atom stereocenters. The highest BCUT2D eigenvalue weighted by molar-refractivity contribution is 5.07. The van der Waals surface area contributed by atoms with Gasteiger partial charge in [0.2, 0.25) is 0 Å². The lowest BCUT2D eigenvalue weighted by Crippen LogP contribution is -2.62. The largest absolute Gasteiger partial charge is 0.329 e. The van der Waals surface area contributed by atoms with Crippen molar-refractivity contribution in [1.29, 1.82) is 0 Å². The van der Waals surface area contributed by atoms with Crippen molar-refractivity contribution in [3.63, 3.8) is 0 Å². The maximum absolute atomic E-state index is 6.25. The Bertz CT molecular complexity index is 305. The van der Waals surface area contributed by atoms with Crippen LogP contribution in [0.1, 0.15) is 47.5 Å². The lowest BCUT2D eigenvalue weighted by atomic mass is 9.84. The highest BCUT2D eigenvalue weighted by Gasteiger charge is 2.51. The van der Waals surface area contributed by atoms with Crippen molar-refractivity contribution in [2.24, 2.45) is 17.1 Å². The third-order valence-electron chi connectivity index (χ3n) is 5.59. The van der Waals surface area contributed by atoms with E-state index in [9.17, 15) is 0 Å². The van der Waals surface area contributed by atoms with E-state index in [-0.39, 0.29) is 5.54 Å². The molecule has 0 aromatic carbocycles. The zero-order valence-corrected chi connectivity index (χ0v) is 13.6. The summed E-state index contributed by atoms with van der Waals surface area (Å²) < 4.78 is 0. The van der Waals surface area contributed by atoms with Gasteiger partial charge in [-0.1, -0.05) is 20.8 Å². The Labute approximate surface area is 119 Å². The van der Waals surface area contributed by atoms with E-state index in [1.54, 1.807) is 0 Å². The fourth-order valence-corrected chi connectivity index (χ4v) is 4.60. The Balaban J connectivity index is 2.08. The number of rotatable bonds is 3. The molecule has 1 aliphatic carbocycles. The quantitative estimate of drug-likeness (QED) is 0.850. The molecule has 112 valence electrons. The SMILES string of the molecule is CC(C)N1CCN(C2(CN)CC(C)(C)CC2C)CC1. The van der Waals surface area contributed by atoms with Gasteiger partial charge in [0, 0.05) is 44.3 Å². The molecule has 2 unspecified atom stereocenters. The van der Waals surface area contributed by atoms with Crippen molar-refractivity contribution < 1.29 is 0 Å². The molecule has 0 spiro atoms. The number of nitrogens with zero attached hydrogens (tertiary/aromatic N) is 2. The topological polar surface area (TPSA) is 32.5 Å². The second kappa shape index (κ2) is 5.34. The molecule has 0 bridgehead atoms. The van der Waals surface area contributed by atoms with Gasteiger partial charge in [0.1, 0.15) is 0 Å². The molecule has 19 heavy (non-hydrogen) atoms. The van der Waals surface area contributed by atoms with E-state index >= 15 is 0 Å². The van der Waals surface area contributed by atoms with Crippen molar-refractivity contribution in [3.8, 4) is 0 Å². The molecule has 0 aromatic heterocycles. The number of piperazine rings is 1. The summed E-state index contributed by atoms with van der Waals surface area (Å²) in [5.74, 6) is 0.720. The standard InChI is InChI=1S/C16H33N3/c1-13(2)18-6-8-19(9-7-18)16(12-17)11-15(4,5)10-14(16)3/h13-14H,6-12,17H2,1-5H3. The monoisotopic (exact) mass is 267 g/mol. The third kappa shape index (κ3) is 2.84. The Morgan fingerprint density at radius 2 is 1.74 bits per heavy atom. The number of hydrogen-bond acceptors (Lipinski definition) is 3. The summed E-state index contributed by atoms with van der Waals surface area (Å²) >= 11 is 0. The van der Waals surface area contributed by atoms with Crippen LogP contribution in [0.15, 0.2) is 0 Å². The molecule has 3 nitrogen and oxygen atoms in total. The predicted molar refractivity (Wildman–Crippen MR) is 82.2 cm³/mol. The van der Waals surface area contributed by atoms with Crippen LogP contribution in [0.5, 0.6) is 0 Å². The molecular weight excluding hydrogens is 234 g/mol. The fraction of sp³-hybridized carbons (Fsp3) is 1.00. The number of hydrogen-bond donors (Lipinski definition) is 1. The van der Waals surface area contributed by atoms with Crippen molar-refractivity contribution in [1.82, 2.24) is 9.80 Å². The Morgan fingerprint density at radius 1 is 1.16 bits per heavy atom. The normalized spacial score (nSPS) is 37.1.